The van der Waals surface area contributed by atoms with E-state index < -0.39 is 0 Å². The van der Waals surface area contributed by atoms with Crippen molar-refractivity contribution >= 4 is 23.2 Å². The summed E-state index contributed by atoms with van der Waals surface area (Å²) in [6.45, 7) is 9.36. The van der Waals surface area contributed by atoms with Crippen LogP contribution in [0.4, 0.5) is 11.4 Å². The second kappa shape index (κ2) is 8.52. The molecule has 0 aromatic heterocycles. The first-order valence-corrected chi connectivity index (χ1v) is 10.8. The van der Waals surface area contributed by atoms with Crippen molar-refractivity contribution in [1.29, 1.82) is 0 Å². The molecule has 6 nitrogen and oxygen atoms in total. The van der Waals surface area contributed by atoms with Gasteiger partial charge in [-0.3, -0.25) is 9.59 Å². The summed E-state index contributed by atoms with van der Waals surface area (Å²) in [5.41, 5.74) is 2.15. The van der Waals surface area contributed by atoms with E-state index in [4.69, 9.17) is 0 Å². The summed E-state index contributed by atoms with van der Waals surface area (Å²) < 4.78 is 0. The molecule has 6 heteroatoms. The molecule has 0 aliphatic carbocycles. The van der Waals surface area contributed by atoms with Gasteiger partial charge in [0, 0.05) is 63.6 Å². The molecule has 1 aromatic rings. The highest BCUT2D eigenvalue weighted by Gasteiger charge is 2.37. The Morgan fingerprint density at radius 1 is 0.929 bits per heavy atom. The van der Waals surface area contributed by atoms with Crippen LogP contribution in [-0.4, -0.2) is 74.0 Å². The number of hydrogen-bond acceptors (Lipinski definition) is 4. The van der Waals surface area contributed by atoms with Gasteiger partial charge in [-0.15, -0.1) is 0 Å². The predicted octanol–water partition coefficient (Wildman–Crippen LogP) is 2.19. The standard InChI is InChI=1S/C22H32N4O2/c1-2-23-12-14-25(15-13-23)22(28)18-16-21(27)26(17-18)20-8-6-19(7-9-20)24-10-4-3-5-11-24/h6-9,18H,2-5,10-17H2,1H3. The van der Waals surface area contributed by atoms with E-state index in [-0.39, 0.29) is 17.7 Å². The topological polar surface area (TPSA) is 47.1 Å². The molecule has 152 valence electrons. The molecule has 4 rings (SSSR count). The lowest BCUT2D eigenvalue weighted by molar-refractivity contribution is -0.137. The van der Waals surface area contributed by atoms with Gasteiger partial charge >= 0.3 is 0 Å². The van der Waals surface area contributed by atoms with Crippen molar-refractivity contribution in [3.63, 3.8) is 0 Å². The van der Waals surface area contributed by atoms with E-state index in [1.165, 1.54) is 24.9 Å². The van der Waals surface area contributed by atoms with E-state index in [0.29, 0.717) is 13.0 Å². The molecule has 3 fully saturated rings. The first-order chi connectivity index (χ1) is 13.7. The average Bonchev–Trinajstić information content (AvgIpc) is 3.15. The number of carbonyl (C=O) groups excluding carboxylic acids is 2. The molecule has 1 atom stereocenters. The Morgan fingerprint density at radius 3 is 2.21 bits per heavy atom. The van der Waals surface area contributed by atoms with Crippen molar-refractivity contribution in [2.75, 3.05) is 62.2 Å². The Bertz CT molecular complexity index is 691. The summed E-state index contributed by atoms with van der Waals surface area (Å²) in [5, 5.41) is 0. The van der Waals surface area contributed by atoms with Crippen molar-refractivity contribution in [3.05, 3.63) is 24.3 Å². The van der Waals surface area contributed by atoms with Crippen LogP contribution in [0.1, 0.15) is 32.6 Å². The molecule has 0 spiro atoms. The van der Waals surface area contributed by atoms with Crippen molar-refractivity contribution < 1.29 is 9.59 Å². The Balaban J connectivity index is 1.37. The Kier molecular flexibility index (Phi) is 5.85. The minimum absolute atomic E-state index is 0.0660. The highest BCUT2D eigenvalue weighted by atomic mass is 16.2. The lowest BCUT2D eigenvalue weighted by Crippen LogP contribution is -2.50. The summed E-state index contributed by atoms with van der Waals surface area (Å²) in [6.07, 6.45) is 4.16. The second-order valence-electron chi connectivity index (χ2n) is 8.23. The minimum Gasteiger partial charge on any atom is -0.372 e. The molecular formula is C22H32N4O2. The summed E-state index contributed by atoms with van der Waals surface area (Å²) in [6, 6.07) is 8.31. The number of amides is 2. The zero-order valence-corrected chi connectivity index (χ0v) is 17.0. The number of benzene rings is 1. The van der Waals surface area contributed by atoms with Gasteiger partial charge in [-0.1, -0.05) is 6.92 Å². The van der Waals surface area contributed by atoms with E-state index >= 15 is 0 Å². The van der Waals surface area contributed by atoms with E-state index in [0.717, 1.165) is 51.5 Å². The second-order valence-corrected chi connectivity index (χ2v) is 8.23. The maximum Gasteiger partial charge on any atom is 0.228 e. The molecule has 28 heavy (non-hydrogen) atoms. The summed E-state index contributed by atoms with van der Waals surface area (Å²) in [7, 11) is 0. The quantitative estimate of drug-likeness (QED) is 0.798. The van der Waals surface area contributed by atoms with E-state index in [1.807, 2.05) is 17.0 Å². The van der Waals surface area contributed by atoms with Gasteiger partial charge in [-0.05, 0) is 50.1 Å². The summed E-state index contributed by atoms with van der Waals surface area (Å²) in [5.74, 6) is 0.00949. The third-order valence-electron chi connectivity index (χ3n) is 6.49. The fraction of sp³-hybridized carbons (Fsp3) is 0.636. The summed E-state index contributed by atoms with van der Waals surface area (Å²) in [4.78, 5) is 34.0. The van der Waals surface area contributed by atoms with E-state index in [9.17, 15) is 9.59 Å². The molecule has 1 unspecified atom stereocenters. The highest BCUT2D eigenvalue weighted by molar-refractivity contribution is 6.00. The zero-order valence-electron chi connectivity index (χ0n) is 17.0. The van der Waals surface area contributed by atoms with Gasteiger partial charge in [0.05, 0.1) is 5.92 Å². The molecule has 0 radical (unpaired) electrons. The molecule has 0 saturated carbocycles. The fourth-order valence-electron chi connectivity index (χ4n) is 4.66. The van der Waals surface area contributed by atoms with Crippen LogP contribution in [0.15, 0.2) is 24.3 Å². The SMILES string of the molecule is CCN1CCN(C(=O)C2CC(=O)N(c3ccc(N4CCCCC4)cc3)C2)CC1. The fourth-order valence-corrected chi connectivity index (χ4v) is 4.66. The molecular weight excluding hydrogens is 352 g/mol. The molecule has 3 heterocycles. The van der Waals surface area contributed by atoms with Gasteiger partial charge in [0.25, 0.3) is 0 Å². The van der Waals surface area contributed by atoms with Gasteiger partial charge in [0.1, 0.15) is 0 Å². The number of hydrogen-bond donors (Lipinski definition) is 0. The molecule has 1 aromatic carbocycles. The van der Waals surface area contributed by atoms with Crippen molar-refractivity contribution in [2.45, 2.75) is 32.6 Å². The normalized spacial score (nSPS) is 24.1. The molecule has 2 amide bonds. The molecule has 3 saturated heterocycles. The van der Waals surface area contributed by atoms with Crippen molar-refractivity contribution in [3.8, 4) is 0 Å². The van der Waals surface area contributed by atoms with Crippen LogP contribution >= 0.6 is 0 Å². The Morgan fingerprint density at radius 2 is 1.57 bits per heavy atom. The van der Waals surface area contributed by atoms with Crippen LogP contribution in [-0.2, 0) is 9.59 Å². The molecule has 0 bridgehead atoms. The maximum atomic E-state index is 12.9. The summed E-state index contributed by atoms with van der Waals surface area (Å²) >= 11 is 0. The highest BCUT2D eigenvalue weighted by Crippen LogP contribution is 2.29. The molecule has 3 aliphatic rings. The first kappa shape index (κ1) is 19.2. The number of carbonyl (C=O) groups is 2. The van der Waals surface area contributed by atoms with Gasteiger partial charge in [0.15, 0.2) is 0 Å². The van der Waals surface area contributed by atoms with Gasteiger partial charge in [0.2, 0.25) is 11.8 Å². The molecule has 0 N–H and O–H groups in total. The average molecular weight is 385 g/mol. The number of likely N-dealkylation sites (N-methyl/N-ethyl adjacent to an activating group) is 1. The first-order valence-electron chi connectivity index (χ1n) is 10.8. The van der Waals surface area contributed by atoms with Gasteiger partial charge < -0.3 is 19.6 Å². The lowest BCUT2D eigenvalue weighted by atomic mass is 10.1. The lowest BCUT2D eigenvalue weighted by Gasteiger charge is -2.35. The number of piperidine rings is 1. The number of nitrogens with zero attached hydrogens (tertiary/aromatic N) is 4. The number of anilines is 2. The van der Waals surface area contributed by atoms with Crippen LogP contribution < -0.4 is 9.80 Å². The monoisotopic (exact) mass is 384 g/mol. The largest absolute Gasteiger partial charge is 0.372 e. The Labute approximate surface area is 168 Å². The van der Waals surface area contributed by atoms with E-state index in [2.05, 4.69) is 28.9 Å². The zero-order chi connectivity index (χ0) is 19.5. The van der Waals surface area contributed by atoms with Crippen LogP contribution in [0.2, 0.25) is 0 Å². The van der Waals surface area contributed by atoms with Crippen molar-refractivity contribution in [2.24, 2.45) is 5.92 Å². The van der Waals surface area contributed by atoms with Crippen molar-refractivity contribution in [1.82, 2.24) is 9.80 Å². The number of rotatable bonds is 4. The van der Waals surface area contributed by atoms with Gasteiger partial charge in [-0.25, -0.2) is 0 Å². The van der Waals surface area contributed by atoms with Crippen LogP contribution in [0.25, 0.3) is 0 Å². The molecule has 3 aliphatic heterocycles. The van der Waals surface area contributed by atoms with E-state index in [1.54, 1.807) is 4.90 Å². The van der Waals surface area contributed by atoms with Crippen LogP contribution in [0.3, 0.4) is 0 Å². The predicted molar refractivity (Wildman–Crippen MR) is 112 cm³/mol. The Hall–Kier alpha value is -2.08. The number of piperazine rings is 1. The maximum absolute atomic E-state index is 12.9. The third kappa shape index (κ3) is 4.02. The smallest absolute Gasteiger partial charge is 0.228 e. The van der Waals surface area contributed by atoms with Gasteiger partial charge in [-0.2, -0.15) is 0 Å². The third-order valence-corrected chi connectivity index (χ3v) is 6.49. The van der Waals surface area contributed by atoms with Crippen LogP contribution in [0.5, 0.6) is 0 Å². The van der Waals surface area contributed by atoms with Crippen LogP contribution in [0, 0.1) is 5.92 Å². The minimum atomic E-state index is -0.206.